The highest BCUT2D eigenvalue weighted by molar-refractivity contribution is 14.0. The van der Waals surface area contributed by atoms with E-state index in [4.69, 9.17) is 9.73 Å². The van der Waals surface area contributed by atoms with Crippen LogP contribution in [0.2, 0.25) is 0 Å². The number of aliphatic imine (C=N–C) groups is 1. The quantitative estimate of drug-likeness (QED) is 0.303. The van der Waals surface area contributed by atoms with E-state index in [0.717, 1.165) is 38.4 Å². The number of carbonyl (C=O) groups excluding carboxylic acids is 1. The predicted molar refractivity (Wildman–Crippen MR) is 122 cm³/mol. The molecule has 1 aromatic carbocycles. The lowest BCUT2D eigenvalue weighted by Gasteiger charge is -2.33. The third-order valence-corrected chi connectivity index (χ3v) is 4.90. The van der Waals surface area contributed by atoms with Crippen molar-refractivity contribution in [1.29, 1.82) is 0 Å². The highest BCUT2D eigenvalue weighted by Crippen LogP contribution is 2.22. The van der Waals surface area contributed by atoms with E-state index in [-0.39, 0.29) is 41.3 Å². The number of nitrogens with one attached hydrogen (secondary N) is 1. The minimum absolute atomic E-state index is 0. The van der Waals surface area contributed by atoms with Gasteiger partial charge in [0.2, 0.25) is 0 Å². The fourth-order valence-corrected chi connectivity index (χ4v) is 3.20. The van der Waals surface area contributed by atoms with Crippen LogP contribution in [0.15, 0.2) is 29.3 Å². The van der Waals surface area contributed by atoms with Gasteiger partial charge in [0.15, 0.2) is 5.96 Å². The average molecular weight is 487 g/mol. The van der Waals surface area contributed by atoms with Gasteiger partial charge >= 0.3 is 5.97 Å². The number of ether oxygens (including phenoxy) is 1. The molecule has 1 aromatic rings. The van der Waals surface area contributed by atoms with E-state index in [1.165, 1.54) is 18.2 Å². The van der Waals surface area contributed by atoms with E-state index in [1.54, 1.807) is 0 Å². The second-order valence-electron chi connectivity index (χ2n) is 7.90. The first kappa shape index (κ1) is 23.7. The van der Waals surface area contributed by atoms with Gasteiger partial charge in [-0.25, -0.2) is 4.99 Å². The van der Waals surface area contributed by atoms with Crippen LogP contribution in [0.25, 0.3) is 0 Å². The van der Waals surface area contributed by atoms with E-state index in [9.17, 15) is 4.79 Å². The fraction of sp³-hybridized carbons (Fsp3) is 0.619. The zero-order valence-corrected chi connectivity index (χ0v) is 19.6. The lowest BCUT2D eigenvalue weighted by Crippen LogP contribution is -2.46. The third kappa shape index (κ3) is 6.97. The van der Waals surface area contributed by atoms with Gasteiger partial charge in [-0.2, -0.15) is 0 Å². The molecule has 0 spiro atoms. The van der Waals surface area contributed by atoms with Crippen molar-refractivity contribution in [2.75, 3.05) is 26.7 Å². The molecule has 1 aliphatic rings. The van der Waals surface area contributed by atoms with Gasteiger partial charge in [-0.3, -0.25) is 4.79 Å². The maximum absolute atomic E-state index is 11.7. The molecule has 152 valence electrons. The molecular formula is C21H34IN3O2. The second-order valence-corrected chi connectivity index (χ2v) is 7.90. The molecule has 1 N–H and O–H groups in total. The van der Waals surface area contributed by atoms with Crippen molar-refractivity contribution in [2.24, 2.45) is 10.9 Å². The Labute approximate surface area is 181 Å². The Morgan fingerprint density at radius 1 is 1.22 bits per heavy atom. The molecule has 1 aliphatic heterocycles. The summed E-state index contributed by atoms with van der Waals surface area (Å²) in [4.78, 5) is 18.7. The lowest BCUT2D eigenvalue weighted by molar-refractivity contribution is -0.146. The van der Waals surface area contributed by atoms with Crippen LogP contribution in [0.1, 0.15) is 51.7 Å². The molecular weight excluding hydrogens is 453 g/mol. The van der Waals surface area contributed by atoms with Crippen LogP contribution in [-0.2, 0) is 21.5 Å². The highest BCUT2D eigenvalue weighted by Gasteiger charge is 2.26. The van der Waals surface area contributed by atoms with Gasteiger partial charge in [0.05, 0.1) is 19.6 Å². The summed E-state index contributed by atoms with van der Waals surface area (Å²) < 4.78 is 4.87. The normalized spacial score (nSPS) is 15.9. The van der Waals surface area contributed by atoms with Crippen molar-refractivity contribution in [2.45, 2.75) is 52.5 Å². The second kappa shape index (κ2) is 10.9. The number of methoxy groups -OCH3 is 1. The molecule has 0 radical (unpaired) electrons. The predicted octanol–water partition coefficient (Wildman–Crippen LogP) is 3.95. The highest BCUT2D eigenvalue weighted by atomic mass is 127. The van der Waals surface area contributed by atoms with Gasteiger partial charge in [-0.05, 0) is 36.3 Å². The zero-order valence-electron chi connectivity index (χ0n) is 17.2. The van der Waals surface area contributed by atoms with Crippen LogP contribution in [0.5, 0.6) is 0 Å². The summed E-state index contributed by atoms with van der Waals surface area (Å²) in [5.41, 5.74) is 2.71. The number of nitrogens with zero attached hydrogens (tertiary/aromatic N) is 2. The van der Waals surface area contributed by atoms with Crippen LogP contribution in [-0.4, -0.2) is 43.6 Å². The van der Waals surface area contributed by atoms with Gasteiger partial charge in [0.1, 0.15) is 0 Å². The van der Waals surface area contributed by atoms with E-state index < -0.39 is 0 Å². The first-order chi connectivity index (χ1) is 12.3. The Morgan fingerprint density at radius 2 is 1.81 bits per heavy atom. The van der Waals surface area contributed by atoms with Crippen molar-refractivity contribution in [1.82, 2.24) is 10.2 Å². The molecule has 0 bridgehead atoms. The minimum atomic E-state index is -0.0921. The van der Waals surface area contributed by atoms with E-state index in [2.05, 4.69) is 62.2 Å². The number of benzene rings is 1. The lowest BCUT2D eigenvalue weighted by atomic mass is 9.87. The number of esters is 1. The van der Waals surface area contributed by atoms with Crippen molar-refractivity contribution < 1.29 is 9.53 Å². The van der Waals surface area contributed by atoms with Crippen LogP contribution in [0.3, 0.4) is 0 Å². The summed E-state index contributed by atoms with van der Waals surface area (Å²) >= 11 is 0. The number of rotatable bonds is 4. The molecule has 0 amide bonds. The van der Waals surface area contributed by atoms with Gasteiger partial charge in [0.25, 0.3) is 0 Å². The number of hydrogen-bond donors (Lipinski definition) is 1. The Hall–Kier alpha value is -1.31. The van der Waals surface area contributed by atoms with Crippen molar-refractivity contribution in [3.05, 3.63) is 35.4 Å². The topological polar surface area (TPSA) is 53.9 Å². The van der Waals surface area contributed by atoms with Crippen molar-refractivity contribution in [3.63, 3.8) is 0 Å². The standard InChI is InChI=1S/C21H33N3O2.HI/c1-6-22-20(24-13-11-17(12-14-24)19(25)26-5)23-15-16-7-9-18(10-8-16)21(2,3)4;/h7-10,17H,6,11-15H2,1-5H3,(H,22,23);1H. The summed E-state index contributed by atoms with van der Waals surface area (Å²) in [5.74, 6) is 0.852. The Morgan fingerprint density at radius 3 is 2.30 bits per heavy atom. The fourth-order valence-electron chi connectivity index (χ4n) is 3.20. The molecule has 0 atom stereocenters. The molecule has 6 heteroatoms. The molecule has 27 heavy (non-hydrogen) atoms. The molecule has 0 aromatic heterocycles. The number of carbonyl (C=O) groups is 1. The summed E-state index contributed by atoms with van der Waals surface area (Å²) in [6.45, 7) is 11.9. The SMILES string of the molecule is CCNC(=NCc1ccc(C(C)(C)C)cc1)N1CCC(C(=O)OC)CC1.I. The summed E-state index contributed by atoms with van der Waals surface area (Å²) in [5, 5.41) is 3.38. The maximum atomic E-state index is 11.7. The molecule has 5 nitrogen and oxygen atoms in total. The van der Waals surface area contributed by atoms with Gasteiger partial charge in [0, 0.05) is 19.6 Å². The molecule has 0 saturated carbocycles. The number of piperidine rings is 1. The average Bonchev–Trinajstić information content (AvgIpc) is 2.64. The Bertz CT molecular complexity index is 615. The van der Waals surface area contributed by atoms with Crippen molar-refractivity contribution in [3.8, 4) is 0 Å². The van der Waals surface area contributed by atoms with Crippen LogP contribution in [0.4, 0.5) is 0 Å². The number of halogens is 1. The number of guanidine groups is 1. The maximum Gasteiger partial charge on any atom is 0.308 e. The van der Waals surface area contributed by atoms with Crippen LogP contribution < -0.4 is 5.32 Å². The summed E-state index contributed by atoms with van der Waals surface area (Å²) in [6.07, 6.45) is 1.63. The van der Waals surface area contributed by atoms with Gasteiger partial charge in [-0.1, -0.05) is 45.0 Å². The largest absolute Gasteiger partial charge is 0.469 e. The van der Waals surface area contributed by atoms with Crippen molar-refractivity contribution >= 4 is 35.9 Å². The third-order valence-electron chi connectivity index (χ3n) is 4.90. The van der Waals surface area contributed by atoms with E-state index >= 15 is 0 Å². The monoisotopic (exact) mass is 487 g/mol. The van der Waals surface area contributed by atoms with Gasteiger partial charge in [-0.15, -0.1) is 24.0 Å². The zero-order chi connectivity index (χ0) is 19.2. The molecule has 2 rings (SSSR count). The number of likely N-dealkylation sites (tertiary alicyclic amines) is 1. The molecule has 1 heterocycles. The molecule has 1 saturated heterocycles. The van der Waals surface area contributed by atoms with E-state index in [1.807, 2.05) is 0 Å². The number of hydrogen-bond acceptors (Lipinski definition) is 3. The Kier molecular flexibility index (Phi) is 9.56. The molecule has 0 aliphatic carbocycles. The first-order valence-corrected chi connectivity index (χ1v) is 9.55. The summed E-state index contributed by atoms with van der Waals surface area (Å²) in [6, 6.07) is 8.72. The first-order valence-electron chi connectivity index (χ1n) is 9.55. The van der Waals surface area contributed by atoms with Crippen LogP contribution >= 0.6 is 24.0 Å². The molecule has 1 fully saturated rings. The van der Waals surface area contributed by atoms with Gasteiger partial charge < -0.3 is 15.0 Å². The summed E-state index contributed by atoms with van der Waals surface area (Å²) in [7, 11) is 1.46. The Balaban J connectivity index is 0.00000364. The van der Waals surface area contributed by atoms with Crippen LogP contribution in [0, 0.1) is 5.92 Å². The van der Waals surface area contributed by atoms with E-state index in [0.29, 0.717) is 6.54 Å². The molecule has 0 unspecified atom stereocenters. The smallest absolute Gasteiger partial charge is 0.308 e. The minimum Gasteiger partial charge on any atom is -0.469 e.